The zero-order chi connectivity index (χ0) is 12.3. The first kappa shape index (κ1) is 12.2. The second kappa shape index (κ2) is 4.92. The van der Waals surface area contributed by atoms with Crippen LogP contribution in [0.1, 0.15) is 43.0 Å². The fraction of sp³-hybridized carbons (Fsp3) is 0.615. The van der Waals surface area contributed by atoms with Gasteiger partial charge in [0.25, 0.3) is 5.91 Å². The van der Waals surface area contributed by atoms with E-state index < -0.39 is 5.54 Å². The van der Waals surface area contributed by atoms with Crippen LogP contribution in [0.4, 0.5) is 0 Å². The fourth-order valence-electron chi connectivity index (χ4n) is 2.66. The van der Waals surface area contributed by atoms with Crippen molar-refractivity contribution in [3.63, 3.8) is 0 Å². The molecule has 0 saturated heterocycles. The Morgan fingerprint density at radius 1 is 1.71 bits per heavy atom. The molecule has 0 aromatic carbocycles. The van der Waals surface area contributed by atoms with Crippen molar-refractivity contribution in [2.24, 2.45) is 5.92 Å². The molecule has 1 fully saturated rings. The first-order valence-corrected chi connectivity index (χ1v) is 6.11. The topological polar surface area (TPSA) is 62.5 Å². The van der Waals surface area contributed by atoms with Crippen molar-refractivity contribution in [1.29, 1.82) is 0 Å². The zero-order valence-electron chi connectivity index (χ0n) is 10.1. The number of aliphatic hydroxyl groups is 1. The lowest BCUT2D eigenvalue weighted by Gasteiger charge is -2.39. The van der Waals surface area contributed by atoms with Crippen molar-refractivity contribution >= 4 is 5.91 Å². The van der Waals surface area contributed by atoms with Crippen LogP contribution in [0.15, 0.2) is 23.0 Å². The monoisotopic (exact) mass is 237 g/mol. The number of hydrogen-bond acceptors (Lipinski definition) is 3. The number of aliphatic hydroxyl groups excluding tert-OH is 1. The molecule has 2 unspecified atom stereocenters. The SMILES string of the molecule is CC1CCCC(CO)(NC(=O)c2ccoc2)C1. The maximum absolute atomic E-state index is 12.0. The van der Waals surface area contributed by atoms with Gasteiger partial charge in [0.1, 0.15) is 6.26 Å². The van der Waals surface area contributed by atoms with E-state index in [0.717, 1.165) is 19.3 Å². The maximum Gasteiger partial charge on any atom is 0.255 e. The highest BCUT2D eigenvalue weighted by Crippen LogP contribution is 2.32. The van der Waals surface area contributed by atoms with Gasteiger partial charge in [-0.25, -0.2) is 0 Å². The van der Waals surface area contributed by atoms with Crippen LogP contribution < -0.4 is 5.32 Å². The van der Waals surface area contributed by atoms with Crippen LogP contribution in [-0.2, 0) is 0 Å². The van der Waals surface area contributed by atoms with Gasteiger partial charge in [0, 0.05) is 0 Å². The Hall–Kier alpha value is -1.29. The molecule has 1 aliphatic carbocycles. The Morgan fingerprint density at radius 3 is 3.12 bits per heavy atom. The highest BCUT2D eigenvalue weighted by atomic mass is 16.3. The molecule has 1 saturated carbocycles. The second-order valence-electron chi connectivity index (χ2n) is 5.11. The Kier molecular flexibility index (Phi) is 3.52. The molecule has 0 aliphatic heterocycles. The van der Waals surface area contributed by atoms with E-state index in [2.05, 4.69) is 12.2 Å². The summed E-state index contributed by atoms with van der Waals surface area (Å²) in [5, 5.41) is 12.5. The lowest BCUT2D eigenvalue weighted by molar-refractivity contribution is 0.0696. The van der Waals surface area contributed by atoms with E-state index in [9.17, 15) is 9.90 Å². The minimum absolute atomic E-state index is 0.000924. The summed E-state index contributed by atoms with van der Waals surface area (Å²) in [7, 11) is 0. The van der Waals surface area contributed by atoms with Crippen LogP contribution in [0, 0.1) is 5.92 Å². The van der Waals surface area contributed by atoms with E-state index in [-0.39, 0.29) is 12.5 Å². The summed E-state index contributed by atoms with van der Waals surface area (Å²) >= 11 is 0. The summed E-state index contributed by atoms with van der Waals surface area (Å²) < 4.78 is 4.89. The van der Waals surface area contributed by atoms with Gasteiger partial charge in [-0.3, -0.25) is 4.79 Å². The second-order valence-corrected chi connectivity index (χ2v) is 5.11. The molecular formula is C13H19NO3. The van der Waals surface area contributed by atoms with Crippen molar-refractivity contribution in [3.8, 4) is 0 Å². The van der Waals surface area contributed by atoms with Gasteiger partial charge in [-0.1, -0.05) is 19.8 Å². The average Bonchev–Trinajstić information content (AvgIpc) is 2.82. The molecule has 1 aliphatic rings. The van der Waals surface area contributed by atoms with Gasteiger partial charge in [-0.2, -0.15) is 0 Å². The van der Waals surface area contributed by atoms with Gasteiger partial charge in [-0.15, -0.1) is 0 Å². The van der Waals surface area contributed by atoms with E-state index in [4.69, 9.17) is 4.42 Å². The van der Waals surface area contributed by atoms with Crippen LogP contribution in [0.25, 0.3) is 0 Å². The summed E-state index contributed by atoms with van der Waals surface area (Å²) in [6, 6.07) is 1.63. The largest absolute Gasteiger partial charge is 0.472 e. The number of furan rings is 1. The molecule has 0 spiro atoms. The smallest absolute Gasteiger partial charge is 0.255 e. The van der Waals surface area contributed by atoms with Gasteiger partial charge in [-0.05, 0) is 24.8 Å². The molecule has 2 rings (SSSR count). The first-order valence-electron chi connectivity index (χ1n) is 6.11. The number of amides is 1. The summed E-state index contributed by atoms with van der Waals surface area (Å²) in [5.74, 6) is 0.377. The molecule has 2 N–H and O–H groups in total. The lowest BCUT2D eigenvalue weighted by atomic mass is 9.76. The quantitative estimate of drug-likeness (QED) is 0.844. The van der Waals surface area contributed by atoms with Gasteiger partial charge in [0.15, 0.2) is 0 Å². The summed E-state index contributed by atoms with van der Waals surface area (Å²) in [6.45, 7) is 2.16. The van der Waals surface area contributed by atoms with Crippen LogP contribution in [0.3, 0.4) is 0 Å². The third-order valence-electron chi connectivity index (χ3n) is 3.56. The van der Waals surface area contributed by atoms with Crippen molar-refractivity contribution < 1.29 is 14.3 Å². The lowest BCUT2D eigenvalue weighted by Crippen LogP contribution is -2.53. The van der Waals surface area contributed by atoms with Crippen molar-refractivity contribution in [2.45, 2.75) is 38.1 Å². The molecular weight excluding hydrogens is 218 g/mol. The molecule has 17 heavy (non-hydrogen) atoms. The maximum atomic E-state index is 12.0. The molecule has 2 atom stereocenters. The van der Waals surface area contributed by atoms with Gasteiger partial charge < -0.3 is 14.8 Å². The van der Waals surface area contributed by atoms with E-state index >= 15 is 0 Å². The molecule has 4 nitrogen and oxygen atoms in total. The van der Waals surface area contributed by atoms with E-state index in [0.29, 0.717) is 11.5 Å². The normalized spacial score (nSPS) is 28.9. The molecule has 1 aromatic heterocycles. The third-order valence-corrected chi connectivity index (χ3v) is 3.56. The molecule has 1 aromatic rings. The molecule has 1 heterocycles. The van der Waals surface area contributed by atoms with Gasteiger partial charge in [0.2, 0.25) is 0 Å². The Morgan fingerprint density at radius 2 is 2.53 bits per heavy atom. The molecule has 0 bridgehead atoms. The number of rotatable bonds is 3. The van der Waals surface area contributed by atoms with Gasteiger partial charge >= 0.3 is 0 Å². The van der Waals surface area contributed by atoms with Crippen LogP contribution in [-0.4, -0.2) is 23.2 Å². The van der Waals surface area contributed by atoms with Crippen LogP contribution in [0.2, 0.25) is 0 Å². The van der Waals surface area contributed by atoms with Crippen LogP contribution in [0.5, 0.6) is 0 Å². The van der Waals surface area contributed by atoms with Crippen molar-refractivity contribution in [3.05, 3.63) is 24.2 Å². The Labute approximate surface area is 101 Å². The number of nitrogens with one attached hydrogen (secondary N) is 1. The van der Waals surface area contributed by atoms with Crippen molar-refractivity contribution in [1.82, 2.24) is 5.32 Å². The summed E-state index contributed by atoms with van der Waals surface area (Å²) in [6.07, 6.45) is 6.80. The number of carbonyl (C=O) groups excluding carboxylic acids is 1. The standard InChI is InChI=1S/C13H19NO3/c1-10-3-2-5-13(7-10,9-15)14-12(16)11-4-6-17-8-11/h4,6,8,10,15H,2-3,5,7,9H2,1H3,(H,14,16). The van der Waals surface area contributed by atoms with Crippen LogP contribution >= 0.6 is 0 Å². The first-order chi connectivity index (χ1) is 8.15. The fourth-order valence-corrected chi connectivity index (χ4v) is 2.66. The molecule has 1 amide bonds. The average molecular weight is 237 g/mol. The van der Waals surface area contributed by atoms with Crippen molar-refractivity contribution in [2.75, 3.05) is 6.61 Å². The third kappa shape index (κ3) is 2.69. The predicted octanol–water partition coefficient (Wildman–Crippen LogP) is 1.95. The van der Waals surface area contributed by atoms with Gasteiger partial charge in [0.05, 0.1) is 24.0 Å². The van der Waals surface area contributed by atoms with E-state index in [1.807, 2.05) is 0 Å². The molecule has 94 valence electrons. The Bertz CT molecular complexity index is 374. The molecule has 4 heteroatoms. The minimum Gasteiger partial charge on any atom is -0.472 e. The van der Waals surface area contributed by atoms with E-state index in [1.165, 1.54) is 18.9 Å². The molecule has 0 radical (unpaired) electrons. The highest BCUT2D eigenvalue weighted by molar-refractivity contribution is 5.94. The Balaban J connectivity index is 2.06. The summed E-state index contributed by atoms with van der Waals surface area (Å²) in [5.41, 5.74) is 0.0579. The zero-order valence-corrected chi connectivity index (χ0v) is 10.1. The predicted molar refractivity (Wildman–Crippen MR) is 63.6 cm³/mol. The number of carbonyl (C=O) groups is 1. The minimum atomic E-state index is -0.452. The number of hydrogen-bond donors (Lipinski definition) is 2. The highest BCUT2D eigenvalue weighted by Gasteiger charge is 2.36. The summed E-state index contributed by atoms with van der Waals surface area (Å²) in [4.78, 5) is 12.0. The van der Waals surface area contributed by atoms with E-state index in [1.54, 1.807) is 6.07 Å².